The van der Waals surface area contributed by atoms with Gasteiger partial charge in [0.1, 0.15) is 5.03 Å². The second-order valence-corrected chi connectivity index (χ2v) is 8.59. The van der Waals surface area contributed by atoms with Gasteiger partial charge in [0, 0.05) is 36.0 Å². The highest BCUT2D eigenvalue weighted by Crippen LogP contribution is 2.46. The number of aromatic nitrogens is 1. The van der Waals surface area contributed by atoms with E-state index in [-0.39, 0.29) is 5.41 Å². The third-order valence-corrected chi connectivity index (χ3v) is 7.12. The van der Waals surface area contributed by atoms with Crippen LogP contribution >= 0.6 is 11.8 Å². The highest BCUT2D eigenvalue weighted by molar-refractivity contribution is 7.99. The summed E-state index contributed by atoms with van der Waals surface area (Å²) in [5, 5.41) is 1.07. The van der Waals surface area contributed by atoms with E-state index in [1.807, 2.05) is 24.2 Å². The fraction of sp³-hybridized carbons (Fsp3) is 0.429. The average Bonchev–Trinajstić information content (AvgIpc) is 2.60. The highest BCUT2D eigenvalue weighted by Gasteiger charge is 2.46. The number of carbonyl (C=O) groups is 1. The first-order valence-corrected chi connectivity index (χ1v) is 9.79. The average molecular weight is 353 g/mol. The van der Waals surface area contributed by atoms with Crippen LogP contribution in [0.15, 0.2) is 46.5 Å². The number of likely N-dealkylation sites (N-methyl/N-ethyl adjacent to an activating group) is 1. The van der Waals surface area contributed by atoms with Crippen molar-refractivity contribution in [3.63, 3.8) is 0 Å². The number of piperidine rings is 1. The van der Waals surface area contributed by atoms with Gasteiger partial charge in [-0.3, -0.25) is 4.79 Å². The van der Waals surface area contributed by atoms with Crippen molar-refractivity contribution >= 4 is 17.7 Å². The molecule has 1 amide bonds. The third-order valence-electron chi connectivity index (χ3n) is 6.01. The molecular weight excluding hydrogens is 328 g/mol. The summed E-state index contributed by atoms with van der Waals surface area (Å²) in [6, 6.07) is 11.3. The minimum Gasteiger partial charge on any atom is -0.342 e. The van der Waals surface area contributed by atoms with Crippen molar-refractivity contribution in [3.05, 3.63) is 53.2 Å². The lowest BCUT2D eigenvalue weighted by atomic mass is 9.63. The molecule has 4 heteroatoms. The number of aryl methyl sites for hydroxylation is 2. The molecule has 1 fully saturated rings. The molecule has 1 aromatic carbocycles. The van der Waals surface area contributed by atoms with Gasteiger partial charge in [0.15, 0.2) is 0 Å². The summed E-state index contributed by atoms with van der Waals surface area (Å²) >= 11 is 1.74. The van der Waals surface area contributed by atoms with Crippen molar-refractivity contribution < 1.29 is 4.79 Å². The van der Waals surface area contributed by atoms with Crippen LogP contribution in [-0.4, -0.2) is 28.9 Å². The summed E-state index contributed by atoms with van der Waals surface area (Å²) in [5.74, 6) is 0.295. The molecule has 4 rings (SSSR count). The lowest BCUT2D eigenvalue weighted by Crippen LogP contribution is -2.56. The quantitative estimate of drug-likeness (QED) is 0.805. The number of hydrogen-bond donors (Lipinski definition) is 0. The van der Waals surface area contributed by atoms with Crippen LogP contribution in [0.3, 0.4) is 0 Å². The zero-order valence-corrected chi connectivity index (χ0v) is 15.9. The number of carbonyl (C=O) groups excluding carboxylic acids is 1. The Kier molecular flexibility index (Phi) is 4.11. The smallest absolute Gasteiger partial charge is 0.222 e. The fourth-order valence-electron chi connectivity index (χ4n) is 4.52. The van der Waals surface area contributed by atoms with Crippen molar-refractivity contribution in [2.45, 2.75) is 60.9 Å². The molecule has 0 radical (unpaired) electrons. The molecule has 0 spiro atoms. The van der Waals surface area contributed by atoms with E-state index in [0.29, 0.717) is 18.4 Å². The second kappa shape index (κ2) is 6.17. The van der Waals surface area contributed by atoms with Gasteiger partial charge in [-0.15, -0.1) is 0 Å². The van der Waals surface area contributed by atoms with Crippen LogP contribution in [0.1, 0.15) is 42.9 Å². The number of nitrogens with zero attached hydrogens (tertiary/aromatic N) is 2. The van der Waals surface area contributed by atoms with E-state index in [2.05, 4.69) is 43.1 Å². The highest BCUT2D eigenvalue weighted by atomic mass is 32.2. The molecule has 2 aromatic rings. The van der Waals surface area contributed by atoms with Crippen molar-refractivity contribution in [2.75, 3.05) is 7.05 Å². The number of pyridine rings is 1. The van der Waals surface area contributed by atoms with Crippen LogP contribution < -0.4 is 0 Å². The summed E-state index contributed by atoms with van der Waals surface area (Å²) in [4.78, 5) is 19.9. The van der Waals surface area contributed by atoms with Gasteiger partial charge in [-0.1, -0.05) is 30.8 Å². The van der Waals surface area contributed by atoms with Gasteiger partial charge in [-0.2, -0.15) is 0 Å². The maximum absolute atomic E-state index is 12.1. The summed E-state index contributed by atoms with van der Waals surface area (Å²) in [5.41, 5.74) is 4.18. The van der Waals surface area contributed by atoms with Crippen LogP contribution in [0, 0.1) is 6.92 Å². The molecule has 2 aliphatic rings. The zero-order chi connectivity index (χ0) is 17.6. The van der Waals surface area contributed by atoms with E-state index in [9.17, 15) is 4.79 Å². The van der Waals surface area contributed by atoms with Crippen LogP contribution in [0.2, 0.25) is 0 Å². The van der Waals surface area contributed by atoms with Gasteiger partial charge >= 0.3 is 0 Å². The van der Waals surface area contributed by atoms with Gasteiger partial charge < -0.3 is 4.90 Å². The lowest BCUT2D eigenvalue weighted by Gasteiger charge is -2.50. The first-order chi connectivity index (χ1) is 12.0. The third kappa shape index (κ3) is 2.77. The van der Waals surface area contributed by atoms with Crippen LogP contribution in [0.4, 0.5) is 0 Å². The number of likely N-dealkylation sites (tertiary alicyclic amines) is 1. The number of benzene rings is 1. The summed E-state index contributed by atoms with van der Waals surface area (Å²) in [6.07, 6.45) is 5.58. The Morgan fingerprint density at radius 2 is 2.12 bits per heavy atom. The van der Waals surface area contributed by atoms with E-state index in [1.54, 1.807) is 11.8 Å². The SMILES string of the molecule is Cc1cccnc1Sc1ccc2c(c1)CCC1N(C)C(=O)CC[C@]21C. The van der Waals surface area contributed by atoms with Gasteiger partial charge in [-0.05, 0) is 61.1 Å². The normalized spacial score (nSPS) is 25.5. The zero-order valence-electron chi connectivity index (χ0n) is 15.1. The van der Waals surface area contributed by atoms with Crippen LogP contribution in [0.25, 0.3) is 0 Å². The molecule has 3 nitrogen and oxygen atoms in total. The second-order valence-electron chi connectivity index (χ2n) is 7.52. The Balaban J connectivity index is 1.66. The molecule has 0 bridgehead atoms. The van der Waals surface area contributed by atoms with E-state index in [0.717, 1.165) is 24.3 Å². The van der Waals surface area contributed by atoms with Gasteiger partial charge in [-0.25, -0.2) is 4.98 Å². The van der Waals surface area contributed by atoms with Crippen molar-refractivity contribution in [1.82, 2.24) is 9.88 Å². The topological polar surface area (TPSA) is 33.2 Å². The predicted molar refractivity (Wildman–Crippen MR) is 101 cm³/mol. The fourth-order valence-corrected chi connectivity index (χ4v) is 5.42. The number of amides is 1. The van der Waals surface area contributed by atoms with E-state index in [1.165, 1.54) is 21.6 Å². The summed E-state index contributed by atoms with van der Waals surface area (Å²) in [6.45, 7) is 4.45. The maximum atomic E-state index is 12.1. The molecule has 1 aromatic heterocycles. The van der Waals surface area contributed by atoms with E-state index < -0.39 is 0 Å². The minimum atomic E-state index is 0.0837. The Morgan fingerprint density at radius 3 is 2.92 bits per heavy atom. The predicted octanol–water partition coefficient (Wildman–Crippen LogP) is 4.37. The van der Waals surface area contributed by atoms with Gasteiger partial charge in [0.2, 0.25) is 5.91 Å². The standard InChI is InChI=1S/C21H24N2OS/c1-14-5-4-12-22-20(14)25-16-7-8-17-15(13-16)6-9-18-21(17,2)11-10-19(24)23(18)3/h4-5,7-8,12-13,18H,6,9-11H2,1-3H3/t18?,21-/m1/s1. The van der Waals surface area contributed by atoms with Crippen LogP contribution in [-0.2, 0) is 16.6 Å². The monoisotopic (exact) mass is 352 g/mol. The van der Waals surface area contributed by atoms with Crippen LogP contribution in [0.5, 0.6) is 0 Å². The summed E-state index contributed by atoms with van der Waals surface area (Å²) in [7, 11) is 1.98. The number of hydrogen-bond acceptors (Lipinski definition) is 3. The first kappa shape index (κ1) is 16.6. The van der Waals surface area contributed by atoms with E-state index in [4.69, 9.17) is 0 Å². The molecule has 25 heavy (non-hydrogen) atoms. The molecule has 2 heterocycles. The lowest BCUT2D eigenvalue weighted by molar-refractivity contribution is -0.138. The maximum Gasteiger partial charge on any atom is 0.222 e. The molecule has 1 aliphatic heterocycles. The largest absolute Gasteiger partial charge is 0.342 e. The van der Waals surface area contributed by atoms with Crippen molar-refractivity contribution in [3.8, 4) is 0 Å². The molecule has 130 valence electrons. The first-order valence-electron chi connectivity index (χ1n) is 8.97. The molecule has 1 unspecified atom stereocenters. The molecule has 2 atom stereocenters. The molecular formula is C21H24N2OS. The molecule has 1 aliphatic carbocycles. The number of rotatable bonds is 2. The molecule has 0 N–H and O–H groups in total. The van der Waals surface area contributed by atoms with E-state index >= 15 is 0 Å². The van der Waals surface area contributed by atoms with Crippen molar-refractivity contribution in [2.24, 2.45) is 0 Å². The number of fused-ring (bicyclic) bond motifs is 3. The molecule has 0 saturated carbocycles. The Hall–Kier alpha value is -1.81. The van der Waals surface area contributed by atoms with Crippen molar-refractivity contribution in [1.29, 1.82) is 0 Å². The van der Waals surface area contributed by atoms with Gasteiger partial charge in [0.05, 0.1) is 0 Å². The minimum absolute atomic E-state index is 0.0837. The Morgan fingerprint density at radius 1 is 1.28 bits per heavy atom. The molecule has 1 saturated heterocycles. The Labute approximate surface area is 153 Å². The van der Waals surface area contributed by atoms with Gasteiger partial charge in [0.25, 0.3) is 0 Å². The summed E-state index contributed by atoms with van der Waals surface area (Å²) < 4.78 is 0. The Bertz CT molecular complexity index is 834.